The first kappa shape index (κ1) is 19.4. The molecule has 1 aliphatic rings. The van der Waals surface area contributed by atoms with E-state index in [4.69, 9.17) is 9.47 Å². The van der Waals surface area contributed by atoms with Crippen molar-refractivity contribution < 1.29 is 17.9 Å². The molecule has 0 spiro atoms. The van der Waals surface area contributed by atoms with E-state index in [0.717, 1.165) is 5.56 Å². The van der Waals surface area contributed by atoms with Crippen LogP contribution in [0.2, 0.25) is 0 Å². The fraction of sp³-hybridized carbons (Fsp3) is 0.444. The highest BCUT2D eigenvalue weighted by atomic mass is 32.2. The Balaban J connectivity index is 1.76. The van der Waals surface area contributed by atoms with Crippen LogP contribution in [0.1, 0.15) is 12.0 Å². The first-order valence-electron chi connectivity index (χ1n) is 8.62. The molecule has 2 aromatic rings. The van der Waals surface area contributed by atoms with Gasteiger partial charge in [-0.15, -0.1) is 0 Å². The summed E-state index contributed by atoms with van der Waals surface area (Å²) in [7, 11) is 1.54. The molecule has 8 nitrogen and oxygen atoms in total. The summed E-state index contributed by atoms with van der Waals surface area (Å²) < 4.78 is 38.7. The number of rotatable bonds is 6. The maximum Gasteiger partial charge on any atom is 0.246 e. The Labute approximate surface area is 159 Å². The molecule has 1 atom stereocenters. The first-order chi connectivity index (χ1) is 12.8. The van der Waals surface area contributed by atoms with Gasteiger partial charge in [0.15, 0.2) is 5.82 Å². The number of methoxy groups -OCH3 is 1. The minimum absolute atomic E-state index is 0.181. The van der Waals surface area contributed by atoms with Gasteiger partial charge in [0.25, 0.3) is 0 Å². The van der Waals surface area contributed by atoms with Crippen molar-refractivity contribution in [2.45, 2.75) is 24.3 Å². The molecule has 0 bridgehead atoms. The monoisotopic (exact) mass is 392 g/mol. The molecule has 1 aliphatic heterocycles. The van der Waals surface area contributed by atoms with Crippen LogP contribution in [-0.4, -0.2) is 63.1 Å². The Hall–Kier alpha value is -2.39. The highest BCUT2D eigenvalue weighted by Gasteiger charge is 2.35. The van der Waals surface area contributed by atoms with E-state index in [1.807, 2.05) is 32.0 Å². The van der Waals surface area contributed by atoms with Crippen molar-refractivity contribution in [2.75, 3.05) is 39.2 Å². The van der Waals surface area contributed by atoms with Gasteiger partial charge in [0.05, 0.1) is 26.0 Å². The number of benzene rings is 1. The number of ether oxygens (including phenoxy) is 2. The van der Waals surface area contributed by atoms with E-state index < -0.39 is 10.0 Å². The lowest BCUT2D eigenvalue weighted by Crippen LogP contribution is -2.31. The predicted octanol–water partition coefficient (Wildman–Crippen LogP) is 1.70. The zero-order valence-electron chi connectivity index (χ0n) is 15.9. The molecule has 0 saturated carbocycles. The SMILES string of the molecule is COc1ccc(C)cc1S(=O)(=O)N1CCC(Oc2cncc(N(C)C)n2)C1. The Morgan fingerprint density at radius 1 is 1.26 bits per heavy atom. The molecular formula is C18H24N4O4S. The van der Waals surface area contributed by atoms with Gasteiger partial charge in [-0.1, -0.05) is 6.07 Å². The van der Waals surface area contributed by atoms with E-state index in [1.54, 1.807) is 18.3 Å². The molecule has 1 aromatic carbocycles. The molecule has 9 heteroatoms. The van der Waals surface area contributed by atoms with E-state index in [9.17, 15) is 8.42 Å². The van der Waals surface area contributed by atoms with Gasteiger partial charge >= 0.3 is 0 Å². The van der Waals surface area contributed by atoms with Crippen LogP contribution in [0.4, 0.5) is 5.82 Å². The summed E-state index contributed by atoms with van der Waals surface area (Å²) in [6.45, 7) is 2.49. The molecule has 1 saturated heterocycles. The highest BCUT2D eigenvalue weighted by Crippen LogP contribution is 2.30. The van der Waals surface area contributed by atoms with Gasteiger partial charge in [0.2, 0.25) is 15.9 Å². The minimum Gasteiger partial charge on any atom is -0.495 e. The van der Waals surface area contributed by atoms with Crippen LogP contribution in [0.25, 0.3) is 0 Å². The third-order valence-corrected chi connectivity index (χ3v) is 6.28. The Bertz CT molecular complexity index is 917. The van der Waals surface area contributed by atoms with E-state index >= 15 is 0 Å². The van der Waals surface area contributed by atoms with Crippen molar-refractivity contribution in [3.05, 3.63) is 36.2 Å². The number of aromatic nitrogens is 2. The van der Waals surface area contributed by atoms with E-state index in [0.29, 0.717) is 30.4 Å². The van der Waals surface area contributed by atoms with Crippen molar-refractivity contribution in [1.29, 1.82) is 0 Å². The predicted molar refractivity (Wildman–Crippen MR) is 102 cm³/mol. The van der Waals surface area contributed by atoms with Gasteiger partial charge < -0.3 is 14.4 Å². The van der Waals surface area contributed by atoms with E-state index in [2.05, 4.69) is 9.97 Å². The summed E-state index contributed by atoms with van der Waals surface area (Å²) in [6, 6.07) is 5.13. The van der Waals surface area contributed by atoms with Crippen LogP contribution >= 0.6 is 0 Å². The molecule has 0 aliphatic carbocycles. The minimum atomic E-state index is -3.67. The fourth-order valence-electron chi connectivity index (χ4n) is 2.92. The van der Waals surface area contributed by atoms with Gasteiger partial charge in [-0.05, 0) is 31.0 Å². The molecule has 2 heterocycles. The van der Waals surface area contributed by atoms with E-state index in [1.165, 1.54) is 17.6 Å². The third kappa shape index (κ3) is 4.14. The third-order valence-electron chi connectivity index (χ3n) is 4.39. The summed E-state index contributed by atoms with van der Waals surface area (Å²) in [5, 5.41) is 0. The van der Waals surface area contributed by atoms with Crippen LogP contribution < -0.4 is 14.4 Å². The van der Waals surface area contributed by atoms with Gasteiger partial charge in [-0.2, -0.15) is 9.29 Å². The molecule has 1 fully saturated rings. The van der Waals surface area contributed by atoms with Crippen LogP contribution in [0, 0.1) is 6.92 Å². The second-order valence-electron chi connectivity index (χ2n) is 6.66. The van der Waals surface area contributed by atoms with Crippen LogP contribution in [0.15, 0.2) is 35.5 Å². The van der Waals surface area contributed by atoms with Gasteiger partial charge in [0.1, 0.15) is 16.7 Å². The Morgan fingerprint density at radius 2 is 2.04 bits per heavy atom. The molecule has 3 rings (SSSR count). The molecule has 0 amide bonds. The second kappa shape index (κ2) is 7.69. The molecule has 0 radical (unpaired) electrons. The Kier molecular flexibility index (Phi) is 5.52. The van der Waals surface area contributed by atoms with Gasteiger partial charge in [0, 0.05) is 20.6 Å². The standard InChI is InChI=1S/C18H24N4O4S/c1-13-5-6-15(25-4)16(9-13)27(23,24)22-8-7-14(12-22)26-18-11-19-10-17(20-18)21(2)3/h5-6,9-11,14H,7-8,12H2,1-4H3. The molecule has 1 unspecified atom stereocenters. The summed E-state index contributed by atoms with van der Waals surface area (Å²) >= 11 is 0. The van der Waals surface area contributed by atoms with E-state index in [-0.39, 0.29) is 17.5 Å². The van der Waals surface area contributed by atoms with Crippen molar-refractivity contribution in [3.8, 4) is 11.6 Å². The lowest BCUT2D eigenvalue weighted by atomic mass is 10.2. The summed E-state index contributed by atoms with van der Waals surface area (Å²) in [4.78, 5) is 10.5. The number of sulfonamides is 1. The van der Waals surface area contributed by atoms with Crippen molar-refractivity contribution in [1.82, 2.24) is 14.3 Å². The van der Waals surface area contributed by atoms with Crippen molar-refractivity contribution in [3.63, 3.8) is 0 Å². The van der Waals surface area contributed by atoms with Gasteiger partial charge in [-0.25, -0.2) is 8.42 Å². The molecule has 1 aromatic heterocycles. The quantitative estimate of drug-likeness (QED) is 0.740. The average molecular weight is 392 g/mol. The summed E-state index contributed by atoms with van der Waals surface area (Å²) in [6.07, 6.45) is 3.49. The molecule has 146 valence electrons. The highest BCUT2D eigenvalue weighted by molar-refractivity contribution is 7.89. The maximum atomic E-state index is 13.1. The smallest absolute Gasteiger partial charge is 0.246 e. The zero-order valence-corrected chi connectivity index (χ0v) is 16.7. The Morgan fingerprint density at radius 3 is 2.74 bits per heavy atom. The van der Waals surface area contributed by atoms with Crippen LogP contribution in [0.5, 0.6) is 11.6 Å². The number of hydrogen-bond acceptors (Lipinski definition) is 7. The van der Waals surface area contributed by atoms with Crippen molar-refractivity contribution in [2.24, 2.45) is 0 Å². The topological polar surface area (TPSA) is 84.9 Å². The fourth-order valence-corrected chi connectivity index (χ4v) is 4.65. The number of hydrogen-bond donors (Lipinski definition) is 0. The molecule has 27 heavy (non-hydrogen) atoms. The van der Waals surface area contributed by atoms with Crippen LogP contribution in [-0.2, 0) is 10.0 Å². The van der Waals surface area contributed by atoms with Gasteiger partial charge in [-0.3, -0.25) is 4.98 Å². The lowest BCUT2D eigenvalue weighted by molar-refractivity contribution is 0.206. The largest absolute Gasteiger partial charge is 0.495 e. The lowest BCUT2D eigenvalue weighted by Gasteiger charge is -2.19. The summed E-state index contributed by atoms with van der Waals surface area (Å²) in [5.41, 5.74) is 0.858. The molecular weight excluding hydrogens is 368 g/mol. The summed E-state index contributed by atoms with van der Waals surface area (Å²) in [5.74, 6) is 1.41. The number of aryl methyl sites for hydroxylation is 1. The van der Waals surface area contributed by atoms with Crippen LogP contribution in [0.3, 0.4) is 0 Å². The second-order valence-corrected chi connectivity index (χ2v) is 8.56. The van der Waals surface area contributed by atoms with Crippen molar-refractivity contribution >= 4 is 15.8 Å². The zero-order chi connectivity index (χ0) is 19.6. The maximum absolute atomic E-state index is 13.1. The average Bonchev–Trinajstić information content (AvgIpc) is 3.11. The number of anilines is 1. The first-order valence-corrected chi connectivity index (χ1v) is 10.1. The normalized spacial score (nSPS) is 17.7. The molecule has 0 N–H and O–H groups in total. The number of nitrogens with zero attached hydrogens (tertiary/aromatic N) is 4.